The van der Waals surface area contributed by atoms with Gasteiger partial charge in [-0.25, -0.2) is 8.42 Å². The standard InChI is InChI=1S/C20H25N3O3S/c21-12-14-23(13-11-16-5-2-1-3-6-16)27(25,26)19-8-4-7-17(15-19)20(24)22-18-9-10-18/h1-8,15,18H,9-14,21H2,(H,22,24). The van der Waals surface area contributed by atoms with Crippen molar-refractivity contribution >= 4 is 15.9 Å². The molecule has 3 N–H and O–H groups in total. The van der Waals surface area contributed by atoms with Gasteiger partial charge in [0, 0.05) is 31.2 Å². The van der Waals surface area contributed by atoms with E-state index in [0.29, 0.717) is 18.5 Å². The fraction of sp³-hybridized carbons (Fsp3) is 0.350. The average Bonchev–Trinajstić information content (AvgIpc) is 3.50. The van der Waals surface area contributed by atoms with Gasteiger partial charge >= 0.3 is 0 Å². The summed E-state index contributed by atoms with van der Waals surface area (Å²) in [6, 6.07) is 16.1. The summed E-state index contributed by atoms with van der Waals surface area (Å²) in [5, 5.41) is 2.88. The second-order valence-electron chi connectivity index (χ2n) is 6.70. The average molecular weight is 388 g/mol. The molecule has 0 unspecified atom stereocenters. The van der Waals surface area contributed by atoms with Crippen LogP contribution < -0.4 is 11.1 Å². The third-order valence-corrected chi connectivity index (χ3v) is 6.41. The predicted molar refractivity (Wildman–Crippen MR) is 105 cm³/mol. The highest BCUT2D eigenvalue weighted by molar-refractivity contribution is 7.89. The number of carbonyl (C=O) groups is 1. The van der Waals surface area contributed by atoms with Crippen molar-refractivity contribution < 1.29 is 13.2 Å². The molecule has 0 radical (unpaired) electrons. The maximum Gasteiger partial charge on any atom is 0.251 e. The van der Waals surface area contributed by atoms with Crippen LogP contribution in [-0.2, 0) is 16.4 Å². The smallest absolute Gasteiger partial charge is 0.251 e. The van der Waals surface area contributed by atoms with Crippen LogP contribution in [0.1, 0.15) is 28.8 Å². The molecule has 1 saturated carbocycles. The molecular weight excluding hydrogens is 362 g/mol. The van der Waals surface area contributed by atoms with E-state index < -0.39 is 10.0 Å². The van der Waals surface area contributed by atoms with Crippen LogP contribution in [0.2, 0.25) is 0 Å². The zero-order valence-electron chi connectivity index (χ0n) is 15.2. The van der Waals surface area contributed by atoms with Gasteiger partial charge in [-0.2, -0.15) is 4.31 Å². The van der Waals surface area contributed by atoms with Crippen LogP contribution in [-0.4, -0.2) is 44.3 Å². The first-order valence-corrected chi connectivity index (χ1v) is 10.6. The lowest BCUT2D eigenvalue weighted by molar-refractivity contribution is 0.0951. The van der Waals surface area contributed by atoms with Crippen LogP contribution >= 0.6 is 0 Å². The summed E-state index contributed by atoms with van der Waals surface area (Å²) in [6.07, 6.45) is 2.56. The Hall–Kier alpha value is -2.22. The molecule has 2 aromatic rings. The third-order valence-electron chi connectivity index (χ3n) is 4.52. The summed E-state index contributed by atoms with van der Waals surface area (Å²) in [4.78, 5) is 12.4. The van der Waals surface area contributed by atoms with E-state index in [4.69, 9.17) is 5.73 Å². The molecule has 144 valence electrons. The van der Waals surface area contributed by atoms with Crippen molar-refractivity contribution in [1.82, 2.24) is 9.62 Å². The van der Waals surface area contributed by atoms with Crippen LogP contribution in [0.15, 0.2) is 59.5 Å². The van der Waals surface area contributed by atoms with E-state index in [1.54, 1.807) is 12.1 Å². The van der Waals surface area contributed by atoms with Crippen molar-refractivity contribution in [1.29, 1.82) is 0 Å². The lowest BCUT2D eigenvalue weighted by atomic mass is 10.1. The van der Waals surface area contributed by atoms with E-state index in [1.807, 2.05) is 30.3 Å². The number of nitrogens with one attached hydrogen (secondary N) is 1. The van der Waals surface area contributed by atoms with Gasteiger partial charge in [0.05, 0.1) is 4.90 Å². The minimum absolute atomic E-state index is 0.118. The van der Waals surface area contributed by atoms with Gasteiger partial charge in [0.1, 0.15) is 0 Å². The lowest BCUT2D eigenvalue weighted by Gasteiger charge is -2.22. The zero-order chi connectivity index (χ0) is 19.3. The Morgan fingerprint density at radius 2 is 1.81 bits per heavy atom. The molecule has 1 aliphatic carbocycles. The van der Waals surface area contributed by atoms with Crippen LogP contribution in [0.5, 0.6) is 0 Å². The molecule has 0 spiro atoms. The molecule has 0 atom stereocenters. The van der Waals surface area contributed by atoms with E-state index >= 15 is 0 Å². The fourth-order valence-electron chi connectivity index (χ4n) is 2.84. The second kappa shape index (κ2) is 8.65. The largest absolute Gasteiger partial charge is 0.349 e. The summed E-state index contributed by atoms with van der Waals surface area (Å²) in [5.41, 5.74) is 7.07. The lowest BCUT2D eigenvalue weighted by Crippen LogP contribution is -2.37. The van der Waals surface area contributed by atoms with E-state index in [2.05, 4.69) is 5.32 Å². The number of benzene rings is 2. The van der Waals surface area contributed by atoms with Crippen molar-refractivity contribution in [2.24, 2.45) is 5.73 Å². The van der Waals surface area contributed by atoms with Crippen molar-refractivity contribution in [3.05, 3.63) is 65.7 Å². The first-order valence-electron chi connectivity index (χ1n) is 9.16. The van der Waals surface area contributed by atoms with Gasteiger partial charge in [0.15, 0.2) is 0 Å². The Morgan fingerprint density at radius 3 is 2.48 bits per heavy atom. The molecule has 0 bridgehead atoms. The number of hydrogen-bond acceptors (Lipinski definition) is 4. The van der Waals surface area contributed by atoms with Crippen LogP contribution in [0.25, 0.3) is 0 Å². The normalized spacial score (nSPS) is 14.3. The van der Waals surface area contributed by atoms with Crippen LogP contribution in [0, 0.1) is 0 Å². The molecule has 1 fully saturated rings. The van der Waals surface area contributed by atoms with E-state index in [0.717, 1.165) is 18.4 Å². The number of amides is 1. The molecule has 0 aromatic heterocycles. The Bertz CT molecular complexity index is 880. The van der Waals surface area contributed by atoms with E-state index in [9.17, 15) is 13.2 Å². The molecular formula is C20H25N3O3S. The summed E-state index contributed by atoms with van der Waals surface area (Å²) in [7, 11) is -3.73. The number of nitrogens with zero attached hydrogens (tertiary/aromatic N) is 1. The first kappa shape index (κ1) is 19.5. The highest BCUT2D eigenvalue weighted by Crippen LogP contribution is 2.21. The Balaban J connectivity index is 1.77. The van der Waals surface area contributed by atoms with Crippen molar-refractivity contribution in [3.8, 4) is 0 Å². The Kier molecular flexibility index (Phi) is 6.26. The van der Waals surface area contributed by atoms with Gasteiger partial charge in [0.2, 0.25) is 10.0 Å². The second-order valence-corrected chi connectivity index (χ2v) is 8.64. The molecule has 3 rings (SSSR count). The highest BCUT2D eigenvalue weighted by Gasteiger charge is 2.26. The molecule has 7 heteroatoms. The maximum atomic E-state index is 13.1. The van der Waals surface area contributed by atoms with E-state index in [1.165, 1.54) is 16.4 Å². The predicted octanol–water partition coefficient (Wildman–Crippen LogP) is 1.77. The number of carbonyl (C=O) groups excluding carboxylic acids is 1. The first-order chi connectivity index (χ1) is 13.0. The van der Waals surface area contributed by atoms with Gasteiger partial charge in [-0.15, -0.1) is 0 Å². The van der Waals surface area contributed by atoms with Gasteiger partial charge in [0.25, 0.3) is 5.91 Å². The summed E-state index contributed by atoms with van der Waals surface area (Å²) in [6.45, 7) is 0.797. The molecule has 1 aliphatic rings. The summed E-state index contributed by atoms with van der Waals surface area (Å²) < 4.78 is 27.6. The van der Waals surface area contributed by atoms with Gasteiger partial charge in [-0.3, -0.25) is 4.79 Å². The van der Waals surface area contributed by atoms with Gasteiger partial charge < -0.3 is 11.1 Å². The number of hydrogen-bond donors (Lipinski definition) is 2. The third kappa shape index (κ3) is 5.15. The number of nitrogens with two attached hydrogens (primary N) is 1. The molecule has 1 amide bonds. The van der Waals surface area contributed by atoms with E-state index in [-0.39, 0.29) is 29.9 Å². The highest BCUT2D eigenvalue weighted by atomic mass is 32.2. The molecule has 0 heterocycles. The Morgan fingerprint density at radius 1 is 1.07 bits per heavy atom. The Labute approximate surface area is 160 Å². The zero-order valence-corrected chi connectivity index (χ0v) is 16.0. The minimum Gasteiger partial charge on any atom is -0.349 e. The molecule has 0 saturated heterocycles. The number of sulfonamides is 1. The minimum atomic E-state index is -3.73. The maximum absolute atomic E-state index is 13.1. The quantitative estimate of drug-likeness (QED) is 0.686. The van der Waals surface area contributed by atoms with Crippen molar-refractivity contribution in [2.45, 2.75) is 30.2 Å². The van der Waals surface area contributed by atoms with Gasteiger partial charge in [-0.05, 0) is 43.0 Å². The summed E-state index contributed by atoms with van der Waals surface area (Å²) in [5.74, 6) is -0.232. The van der Waals surface area contributed by atoms with Crippen LogP contribution in [0.4, 0.5) is 0 Å². The van der Waals surface area contributed by atoms with Crippen molar-refractivity contribution in [3.63, 3.8) is 0 Å². The summed E-state index contributed by atoms with van der Waals surface area (Å²) >= 11 is 0. The molecule has 0 aliphatic heterocycles. The SMILES string of the molecule is NCCN(CCc1ccccc1)S(=O)(=O)c1cccc(C(=O)NC2CC2)c1. The monoisotopic (exact) mass is 387 g/mol. The fourth-order valence-corrected chi connectivity index (χ4v) is 4.34. The number of rotatable bonds is 9. The molecule has 6 nitrogen and oxygen atoms in total. The van der Waals surface area contributed by atoms with Crippen molar-refractivity contribution in [2.75, 3.05) is 19.6 Å². The topological polar surface area (TPSA) is 92.5 Å². The molecule has 27 heavy (non-hydrogen) atoms. The van der Waals surface area contributed by atoms with Crippen LogP contribution in [0.3, 0.4) is 0 Å². The molecule has 2 aromatic carbocycles. The van der Waals surface area contributed by atoms with Gasteiger partial charge in [-0.1, -0.05) is 36.4 Å².